The van der Waals surface area contributed by atoms with Crippen LogP contribution in [0.2, 0.25) is 0 Å². The first-order valence-electron chi connectivity index (χ1n) is 10.2. The van der Waals surface area contributed by atoms with Gasteiger partial charge in [-0.3, -0.25) is 9.59 Å². The second kappa shape index (κ2) is 8.83. The van der Waals surface area contributed by atoms with Gasteiger partial charge in [0.25, 0.3) is 11.5 Å². The van der Waals surface area contributed by atoms with Crippen LogP contribution in [0.4, 0.5) is 0 Å². The van der Waals surface area contributed by atoms with E-state index >= 15 is 0 Å². The SMILES string of the molecule is CCn1c(C)c(/C=N\NC(=O)c2cccn(Cc3ccccc3)c2=O)c2ccccc21. The summed E-state index contributed by atoms with van der Waals surface area (Å²) >= 11 is 0. The molecule has 6 nitrogen and oxygen atoms in total. The van der Waals surface area contributed by atoms with Crippen LogP contribution in [0.3, 0.4) is 0 Å². The minimum atomic E-state index is -0.527. The summed E-state index contributed by atoms with van der Waals surface area (Å²) in [6.07, 6.45) is 3.32. The van der Waals surface area contributed by atoms with Gasteiger partial charge in [0.15, 0.2) is 0 Å². The Kier molecular flexibility index (Phi) is 5.80. The molecule has 0 saturated carbocycles. The fourth-order valence-electron chi connectivity index (χ4n) is 3.86. The Morgan fingerprint density at radius 3 is 2.55 bits per heavy atom. The molecule has 0 unspecified atom stereocenters. The zero-order valence-electron chi connectivity index (χ0n) is 17.6. The molecule has 0 fully saturated rings. The zero-order chi connectivity index (χ0) is 21.8. The molecule has 0 aliphatic heterocycles. The molecule has 4 aromatic rings. The number of carbonyl (C=O) groups is 1. The van der Waals surface area contributed by atoms with Crippen LogP contribution < -0.4 is 11.0 Å². The Hall–Kier alpha value is -3.93. The highest BCUT2D eigenvalue weighted by atomic mass is 16.2. The number of amides is 1. The molecule has 0 aliphatic rings. The van der Waals surface area contributed by atoms with Crippen molar-refractivity contribution in [1.82, 2.24) is 14.6 Å². The average molecular weight is 412 g/mol. The summed E-state index contributed by atoms with van der Waals surface area (Å²) in [6, 6.07) is 21.0. The molecular weight excluding hydrogens is 388 g/mol. The van der Waals surface area contributed by atoms with Gasteiger partial charge in [0.2, 0.25) is 0 Å². The molecule has 0 saturated heterocycles. The zero-order valence-corrected chi connectivity index (χ0v) is 17.6. The average Bonchev–Trinajstić information content (AvgIpc) is 3.06. The smallest absolute Gasteiger partial charge is 0.276 e. The lowest BCUT2D eigenvalue weighted by molar-refractivity contribution is 0.0953. The fraction of sp³-hybridized carbons (Fsp3) is 0.160. The van der Waals surface area contributed by atoms with E-state index in [-0.39, 0.29) is 11.1 Å². The van der Waals surface area contributed by atoms with Gasteiger partial charge >= 0.3 is 0 Å². The van der Waals surface area contributed by atoms with E-state index in [1.54, 1.807) is 18.5 Å². The molecule has 156 valence electrons. The molecule has 0 atom stereocenters. The van der Waals surface area contributed by atoms with Gasteiger partial charge in [-0.25, -0.2) is 5.43 Å². The maximum atomic E-state index is 12.8. The molecule has 1 amide bonds. The third-order valence-corrected chi connectivity index (χ3v) is 5.42. The lowest BCUT2D eigenvalue weighted by Crippen LogP contribution is -2.30. The minimum absolute atomic E-state index is 0.0586. The van der Waals surface area contributed by atoms with Gasteiger partial charge in [0.1, 0.15) is 5.56 Å². The molecule has 1 N–H and O–H groups in total. The number of hydrazone groups is 1. The number of carbonyl (C=O) groups excluding carboxylic acids is 1. The lowest BCUT2D eigenvalue weighted by atomic mass is 10.1. The molecule has 0 bridgehead atoms. The molecule has 0 spiro atoms. The Balaban J connectivity index is 1.56. The molecule has 31 heavy (non-hydrogen) atoms. The monoisotopic (exact) mass is 412 g/mol. The van der Waals surface area contributed by atoms with Crippen LogP contribution in [0.25, 0.3) is 10.9 Å². The Labute approximate surface area is 180 Å². The molecule has 0 radical (unpaired) electrons. The van der Waals surface area contributed by atoms with Crippen molar-refractivity contribution in [1.29, 1.82) is 0 Å². The van der Waals surface area contributed by atoms with Gasteiger partial charge in [-0.1, -0.05) is 48.5 Å². The molecule has 4 rings (SSSR count). The summed E-state index contributed by atoms with van der Waals surface area (Å²) < 4.78 is 3.73. The number of aryl methyl sites for hydroxylation is 1. The first kappa shape index (κ1) is 20.3. The van der Waals surface area contributed by atoms with E-state index in [0.717, 1.165) is 34.3 Å². The van der Waals surface area contributed by atoms with Crippen LogP contribution in [-0.2, 0) is 13.1 Å². The maximum Gasteiger partial charge on any atom is 0.276 e. The summed E-state index contributed by atoms with van der Waals surface area (Å²) in [7, 11) is 0. The lowest BCUT2D eigenvalue weighted by Gasteiger charge is -2.07. The highest BCUT2D eigenvalue weighted by molar-refractivity contribution is 6.02. The number of nitrogens with zero attached hydrogens (tertiary/aromatic N) is 3. The summed E-state index contributed by atoms with van der Waals surface area (Å²) in [5.41, 5.74) is 6.36. The van der Waals surface area contributed by atoms with Gasteiger partial charge in [0, 0.05) is 34.9 Å². The van der Waals surface area contributed by atoms with E-state index in [1.165, 1.54) is 10.6 Å². The minimum Gasteiger partial charge on any atom is -0.344 e. The molecule has 0 aliphatic carbocycles. The normalized spacial score (nSPS) is 11.3. The van der Waals surface area contributed by atoms with E-state index < -0.39 is 5.91 Å². The van der Waals surface area contributed by atoms with Gasteiger partial charge in [0.05, 0.1) is 12.8 Å². The van der Waals surface area contributed by atoms with Gasteiger partial charge in [-0.2, -0.15) is 5.10 Å². The van der Waals surface area contributed by atoms with Gasteiger partial charge in [-0.15, -0.1) is 0 Å². The Bertz CT molecular complexity index is 1320. The molecule has 6 heteroatoms. The summed E-state index contributed by atoms with van der Waals surface area (Å²) in [5.74, 6) is -0.527. The van der Waals surface area contributed by atoms with Gasteiger partial charge < -0.3 is 9.13 Å². The van der Waals surface area contributed by atoms with E-state index in [4.69, 9.17) is 0 Å². The number of benzene rings is 2. The summed E-state index contributed by atoms with van der Waals surface area (Å²) in [4.78, 5) is 25.4. The topological polar surface area (TPSA) is 68.4 Å². The van der Waals surface area contributed by atoms with Crippen molar-refractivity contribution in [2.24, 2.45) is 5.10 Å². The third-order valence-electron chi connectivity index (χ3n) is 5.42. The van der Waals surface area contributed by atoms with Crippen LogP contribution in [-0.4, -0.2) is 21.3 Å². The number of nitrogens with one attached hydrogen (secondary N) is 1. The number of hydrogen-bond donors (Lipinski definition) is 1. The van der Waals surface area contributed by atoms with Crippen molar-refractivity contribution in [3.63, 3.8) is 0 Å². The van der Waals surface area contributed by atoms with Crippen LogP contribution in [0.1, 0.15) is 34.1 Å². The van der Waals surface area contributed by atoms with Crippen molar-refractivity contribution >= 4 is 23.0 Å². The van der Waals surface area contributed by atoms with Crippen molar-refractivity contribution in [3.05, 3.63) is 106 Å². The predicted octanol–water partition coefficient (Wildman–Crippen LogP) is 3.94. The molecule has 2 heterocycles. The number of hydrogen-bond acceptors (Lipinski definition) is 3. The number of fused-ring (bicyclic) bond motifs is 1. The number of rotatable bonds is 6. The molecule has 2 aromatic heterocycles. The highest BCUT2D eigenvalue weighted by Crippen LogP contribution is 2.24. The fourth-order valence-corrected chi connectivity index (χ4v) is 3.86. The second-order valence-corrected chi connectivity index (χ2v) is 7.30. The van der Waals surface area contributed by atoms with Crippen LogP contribution in [0, 0.1) is 6.92 Å². The Morgan fingerprint density at radius 1 is 1.03 bits per heavy atom. The third kappa shape index (κ3) is 4.05. The van der Waals surface area contributed by atoms with Crippen molar-refractivity contribution in [2.45, 2.75) is 26.9 Å². The second-order valence-electron chi connectivity index (χ2n) is 7.30. The number of pyridine rings is 1. The van der Waals surface area contributed by atoms with Crippen molar-refractivity contribution in [2.75, 3.05) is 0 Å². The van der Waals surface area contributed by atoms with Crippen LogP contribution in [0.5, 0.6) is 0 Å². The van der Waals surface area contributed by atoms with Crippen molar-refractivity contribution < 1.29 is 4.79 Å². The Morgan fingerprint density at radius 2 is 1.77 bits per heavy atom. The van der Waals surface area contributed by atoms with E-state index in [9.17, 15) is 9.59 Å². The standard InChI is InChI=1S/C25H24N4O2/c1-3-29-18(2)22(20-12-7-8-14-23(20)29)16-26-27-24(30)21-13-9-15-28(25(21)31)17-19-10-5-4-6-11-19/h4-16H,3,17H2,1-2H3,(H,27,30)/b26-16-. The molecule has 2 aromatic carbocycles. The maximum absolute atomic E-state index is 12.8. The number of para-hydroxylation sites is 1. The van der Waals surface area contributed by atoms with Crippen molar-refractivity contribution in [3.8, 4) is 0 Å². The van der Waals surface area contributed by atoms with E-state index in [2.05, 4.69) is 28.1 Å². The van der Waals surface area contributed by atoms with Gasteiger partial charge in [-0.05, 0) is 37.6 Å². The summed E-state index contributed by atoms with van der Waals surface area (Å²) in [5, 5.41) is 5.22. The predicted molar refractivity (Wildman–Crippen MR) is 124 cm³/mol. The quantitative estimate of drug-likeness (QED) is 0.385. The first-order valence-corrected chi connectivity index (χ1v) is 10.2. The van der Waals surface area contributed by atoms with Crippen LogP contribution >= 0.6 is 0 Å². The first-order chi connectivity index (χ1) is 15.1. The molecular formula is C25H24N4O2. The largest absolute Gasteiger partial charge is 0.344 e. The van der Waals surface area contributed by atoms with Crippen LogP contribution in [0.15, 0.2) is 82.8 Å². The van der Waals surface area contributed by atoms with E-state index in [0.29, 0.717) is 6.54 Å². The number of aromatic nitrogens is 2. The highest BCUT2D eigenvalue weighted by Gasteiger charge is 2.13. The summed E-state index contributed by atoms with van der Waals surface area (Å²) in [6.45, 7) is 5.38. The van der Waals surface area contributed by atoms with E-state index in [1.807, 2.05) is 55.5 Å².